The Morgan fingerprint density at radius 1 is 1.30 bits per heavy atom. The molecule has 0 aromatic rings. The Morgan fingerprint density at radius 2 is 2.00 bits per heavy atom. The van der Waals surface area contributed by atoms with Gasteiger partial charge in [0.05, 0.1) is 5.41 Å². The molecule has 0 bridgehead atoms. The van der Waals surface area contributed by atoms with Crippen LogP contribution in [-0.2, 0) is 4.79 Å². The minimum Gasteiger partial charge on any atom is -0.481 e. The summed E-state index contributed by atoms with van der Waals surface area (Å²) in [5.74, 6) is 0.159. The standard InChI is InChI=1S/C14H24N2O3S/c1-10-11(2)20-8-7-16(10)13(19)15-6-4-5-14(3,9-15)12(17)18/h10-11H,4-9H2,1-3H3,(H,17,18). The van der Waals surface area contributed by atoms with E-state index in [4.69, 9.17) is 0 Å². The Labute approximate surface area is 124 Å². The van der Waals surface area contributed by atoms with Crippen LogP contribution in [0.25, 0.3) is 0 Å². The highest BCUT2D eigenvalue weighted by Gasteiger charge is 2.41. The lowest BCUT2D eigenvalue weighted by atomic mass is 9.82. The van der Waals surface area contributed by atoms with Gasteiger partial charge in [0.2, 0.25) is 0 Å². The van der Waals surface area contributed by atoms with Crippen molar-refractivity contribution in [3.63, 3.8) is 0 Å². The highest BCUT2D eigenvalue weighted by atomic mass is 32.2. The van der Waals surface area contributed by atoms with Crippen LogP contribution in [0, 0.1) is 5.41 Å². The number of likely N-dealkylation sites (tertiary alicyclic amines) is 1. The number of carbonyl (C=O) groups excluding carboxylic acids is 1. The van der Waals surface area contributed by atoms with Crippen LogP contribution in [0.5, 0.6) is 0 Å². The number of carboxylic acids is 1. The maximum atomic E-state index is 12.7. The average molecular weight is 300 g/mol. The molecule has 3 atom stereocenters. The maximum absolute atomic E-state index is 12.7. The van der Waals surface area contributed by atoms with Gasteiger partial charge in [-0.25, -0.2) is 4.79 Å². The largest absolute Gasteiger partial charge is 0.481 e. The Morgan fingerprint density at radius 3 is 2.65 bits per heavy atom. The van der Waals surface area contributed by atoms with Crippen LogP contribution in [0.1, 0.15) is 33.6 Å². The van der Waals surface area contributed by atoms with Crippen molar-refractivity contribution < 1.29 is 14.7 Å². The van der Waals surface area contributed by atoms with E-state index >= 15 is 0 Å². The Kier molecular flexibility index (Phi) is 4.52. The highest BCUT2D eigenvalue weighted by Crippen LogP contribution is 2.32. The van der Waals surface area contributed by atoms with Gasteiger partial charge in [0, 0.05) is 36.7 Å². The molecule has 2 aliphatic heterocycles. The first kappa shape index (κ1) is 15.5. The van der Waals surface area contributed by atoms with Crippen molar-refractivity contribution in [1.82, 2.24) is 9.80 Å². The summed E-state index contributed by atoms with van der Waals surface area (Å²) >= 11 is 1.89. The molecule has 0 aromatic heterocycles. The first-order valence-electron chi connectivity index (χ1n) is 7.26. The molecule has 0 aromatic carbocycles. The quantitative estimate of drug-likeness (QED) is 0.806. The third kappa shape index (κ3) is 2.90. The topological polar surface area (TPSA) is 60.9 Å². The van der Waals surface area contributed by atoms with Gasteiger partial charge >= 0.3 is 12.0 Å². The van der Waals surface area contributed by atoms with Crippen molar-refractivity contribution in [2.75, 3.05) is 25.4 Å². The van der Waals surface area contributed by atoms with E-state index in [-0.39, 0.29) is 12.1 Å². The van der Waals surface area contributed by atoms with E-state index in [0.717, 1.165) is 18.7 Å². The molecule has 1 N–H and O–H groups in total. The van der Waals surface area contributed by atoms with Gasteiger partial charge in [-0.1, -0.05) is 6.92 Å². The van der Waals surface area contributed by atoms with E-state index in [0.29, 0.717) is 24.8 Å². The van der Waals surface area contributed by atoms with E-state index in [2.05, 4.69) is 13.8 Å². The second kappa shape index (κ2) is 5.84. The zero-order chi connectivity index (χ0) is 14.9. The molecule has 6 heteroatoms. The molecule has 0 aliphatic carbocycles. The van der Waals surface area contributed by atoms with Crippen molar-refractivity contribution >= 4 is 23.8 Å². The number of thioether (sulfide) groups is 1. The normalized spacial score (nSPS) is 35.0. The van der Waals surface area contributed by atoms with Crippen molar-refractivity contribution in [1.29, 1.82) is 0 Å². The van der Waals surface area contributed by atoms with Gasteiger partial charge in [0.1, 0.15) is 0 Å². The minimum absolute atomic E-state index is 0.0109. The monoisotopic (exact) mass is 300 g/mol. The second-order valence-corrected chi connectivity index (χ2v) is 7.67. The van der Waals surface area contributed by atoms with E-state index in [9.17, 15) is 14.7 Å². The van der Waals surface area contributed by atoms with Crippen molar-refractivity contribution in [3.05, 3.63) is 0 Å². The molecular formula is C14H24N2O3S. The molecule has 5 nitrogen and oxygen atoms in total. The molecular weight excluding hydrogens is 276 g/mol. The van der Waals surface area contributed by atoms with Crippen LogP contribution in [0.4, 0.5) is 4.79 Å². The SMILES string of the molecule is CC1SCCN(C(=O)N2CCCC(C)(C(=O)O)C2)C1C. The molecule has 2 aliphatic rings. The predicted octanol–water partition coefficient (Wildman–Crippen LogP) is 2.12. The van der Waals surface area contributed by atoms with Gasteiger partial charge in [-0.2, -0.15) is 11.8 Å². The van der Waals surface area contributed by atoms with Gasteiger partial charge in [-0.3, -0.25) is 4.79 Å². The lowest BCUT2D eigenvalue weighted by Gasteiger charge is -2.44. The van der Waals surface area contributed by atoms with Crippen molar-refractivity contribution in [2.45, 2.75) is 44.9 Å². The number of hydrogen-bond acceptors (Lipinski definition) is 3. The summed E-state index contributed by atoms with van der Waals surface area (Å²) < 4.78 is 0. The molecule has 0 radical (unpaired) electrons. The van der Waals surface area contributed by atoms with Crippen LogP contribution in [0.3, 0.4) is 0 Å². The molecule has 0 saturated carbocycles. The van der Waals surface area contributed by atoms with Crippen LogP contribution in [0.2, 0.25) is 0 Å². The number of aliphatic carboxylic acids is 1. The summed E-state index contributed by atoms with van der Waals surface area (Å²) in [6.45, 7) is 7.72. The zero-order valence-corrected chi connectivity index (χ0v) is 13.3. The van der Waals surface area contributed by atoms with Crippen LogP contribution in [-0.4, -0.2) is 63.6 Å². The summed E-state index contributed by atoms with van der Waals surface area (Å²) in [6.07, 6.45) is 1.41. The fraction of sp³-hybridized carbons (Fsp3) is 0.857. The molecule has 0 spiro atoms. The number of carbonyl (C=O) groups is 2. The number of nitrogens with zero attached hydrogens (tertiary/aromatic N) is 2. The van der Waals surface area contributed by atoms with Crippen molar-refractivity contribution in [2.24, 2.45) is 5.41 Å². The second-order valence-electron chi connectivity index (χ2n) is 6.18. The number of rotatable bonds is 1. The molecule has 2 amide bonds. The number of carboxylic acid groups (broad SMARTS) is 1. The summed E-state index contributed by atoms with van der Waals surface area (Å²) in [4.78, 5) is 27.7. The number of hydrogen-bond donors (Lipinski definition) is 1. The van der Waals surface area contributed by atoms with E-state index in [1.807, 2.05) is 16.7 Å². The Hall–Kier alpha value is -0.910. The summed E-state index contributed by atoms with van der Waals surface area (Å²) in [5, 5.41) is 9.78. The smallest absolute Gasteiger partial charge is 0.320 e. The maximum Gasteiger partial charge on any atom is 0.320 e. The minimum atomic E-state index is -0.800. The average Bonchev–Trinajstić information content (AvgIpc) is 2.41. The summed E-state index contributed by atoms with van der Waals surface area (Å²) in [7, 11) is 0. The van der Waals surface area contributed by atoms with Gasteiger partial charge in [0.25, 0.3) is 0 Å². The number of piperidine rings is 1. The zero-order valence-electron chi connectivity index (χ0n) is 12.5. The molecule has 2 rings (SSSR count). The fourth-order valence-electron chi connectivity index (χ4n) is 2.96. The van der Waals surface area contributed by atoms with Crippen LogP contribution < -0.4 is 0 Å². The fourth-order valence-corrected chi connectivity index (χ4v) is 4.06. The number of amides is 2. The molecule has 3 unspecified atom stereocenters. The van der Waals surface area contributed by atoms with E-state index < -0.39 is 11.4 Å². The van der Waals surface area contributed by atoms with Crippen LogP contribution >= 0.6 is 11.8 Å². The first-order valence-corrected chi connectivity index (χ1v) is 8.30. The first-order chi connectivity index (χ1) is 9.35. The van der Waals surface area contributed by atoms with Gasteiger partial charge < -0.3 is 14.9 Å². The third-order valence-corrected chi connectivity index (χ3v) is 5.95. The van der Waals surface area contributed by atoms with Gasteiger partial charge in [-0.05, 0) is 26.7 Å². The van der Waals surface area contributed by atoms with Gasteiger partial charge in [-0.15, -0.1) is 0 Å². The lowest BCUT2D eigenvalue weighted by Crippen LogP contribution is -2.57. The lowest BCUT2D eigenvalue weighted by molar-refractivity contribution is -0.150. The summed E-state index contributed by atoms with van der Waals surface area (Å²) in [6, 6.07) is 0.219. The third-order valence-electron chi connectivity index (χ3n) is 4.61. The molecule has 2 fully saturated rings. The Bertz CT molecular complexity index is 404. The van der Waals surface area contributed by atoms with E-state index in [1.165, 1.54) is 0 Å². The summed E-state index contributed by atoms with van der Waals surface area (Å²) in [5.41, 5.74) is -0.798. The van der Waals surface area contributed by atoms with Crippen molar-refractivity contribution in [3.8, 4) is 0 Å². The highest BCUT2D eigenvalue weighted by molar-refractivity contribution is 8.00. The van der Waals surface area contributed by atoms with Crippen LogP contribution in [0.15, 0.2) is 0 Å². The Balaban J connectivity index is 2.07. The number of urea groups is 1. The molecule has 2 heterocycles. The van der Waals surface area contributed by atoms with E-state index in [1.54, 1.807) is 11.8 Å². The predicted molar refractivity (Wildman–Crippen MR) is 80.0 cm³/mol. The van der Waals surface area contributed by atoms with Gasteiger partial charge in [0.15, 0.2) is 0 Å². The molecule has 114 valence electrons. The molecule has 20 heavy (non-hydrogen) atoms. The molecule has 2 saturated heterocycles.